The Morgan fingerprint density at radius 1 is 1.16 bits per heavy atom. The van der Waals surface area contributed by atoms with E-state index >= 15 is 0 Å². The molecule has 1 amide bonds. The molecule has 2 aromatic carbocycles. The van der Waals surface area contributed by atoms with Crippen molar-refractivity contribution < 1.29 is 35.8 Å². The number of amides is 1. The number of nitrogens with one attached hydrogen (secondary N) is 1. The molecule has 1 atom stereocenters. The zero-order valence-corrected chi connectivity index (χ0v) is 19.0. The fraction of sp³-hybridized carbons (Fsp3) is 0.350. The predicted molar refractivity (Wildman–Crippen MR) is 115 cm³/mol. The van der Waals surface area contributed by atoms with Gasteiger partial charge >= 0.3 is 0 Å². The second-order valence-electron chi connectivity index (χ2n) is 7.36. The molecule has 12 heteroatoms. The van der Waals surface area contributed by atoms with Gasteiger partial charge < -0.3 is 14.2 Å². The maximum Gasteiger partial charge on any atom is 0.244 e. The van der Waals surface area contributed by atoms with Gasteiger partial charge in [0.1, 0.15) is 10.6 Å². The molecule has 0 radical (unpaired) electrons. The zero-order chi connectivity index (χ0) is 23.1. The van der Waals surface area contributed by atoms with Gasteiger partial charge in [-0.2, -0.15) is 0 Å². The number of benzene rings is 2. The second-order valence-corrected chi connectivity index (χ2v) is 11.0. The third-order valence-electron chi connectivity index (χ3n) is 5.01. The number of hydrogen-bond acceptors (Lipinski definition) is 8. The van der Waals surface area contributed by atoms with E-state index in [0.29, 0.717) is 21.4 Å². The van der Waals surface area contributed by atoms with Crippen LogP contribution in [0.1, 0.15) is 19.4 Å². The van der Waals surface area contributed by atoms with Crippen molar-refractivity contribution in [3.05, 3.63) is 42.0 Å². The average molecular weight is 483 g/mol. The van der Waals surface area contributed by atoms with Gasteiger partial charge in [-0.1, -0.05) is 13.0 Å². The van der Waals surface area contributed by atoms with Gasteiger partial charge in [-0.15, -0.1) is 0 Å². The number of anilines is 1. The Morgan fingerprint density at radius 2 is 1.91 bits per heavy atom. The van der Waals surface area contributed by atoms with Gasteiger partial charge in [0.05, 0.1) is 24.0 Å². The van der Waals surface area contributed by atoms with E-state index in [-0.39, 0.29) is 42.0 Å². The minimum Gasteiger partial charge on any atom is -0.492 e. The summed E-state index contributed by atoms with van der Waals surface area (Å²) in [6.45, 7) is 3.46. The van der Waals surface area contributed by atoms with Gasteiger partial charge in [0.25, 0.3) is 0 Å². The summed E-state index contributed by atoms with van der Waals surface area (Å²) in [7, 11) is -8.01. The Bertz CT molecular complexity index is 1270. The minimum atomic E-state index is -4.13. The van der Waals surface area contributed by atoms with E-state index in [2.05, 4.69) is 4.72 Å². The molecule has 0 aliphatic carbocycles. The van der Waals surface area contributed by atoms with Crippen molar-refractivity contribution >= 4 is 31.6 Å². The van der Waals surface area contributed by atoms with Crippen LogP contribution in [0.25, 0.3) is 0 Å². The molecule has 2 aliphatic rings. The second kappa shape index (κ2) is 8.26. The van der Waals surface area contributed by atoms with Crippen molar-refractivity contribution in [3.63, 3.8) is 0 Å². The van der Waals surface area contributed by atoms with Gasteiger partial charge in [-0.25, -0.2) is 25.9 Å². The fourth-order valence-corrected chi connectivity index (χ4v) is 6.49. The molecule has 172 valence electrons. The molecule has 32 heavy (non-hydrogen) atoms. The monoisotopic (exact) mass is 482 g/mol. The highest BCUT2D eigenvalue weighted by molar-refractivity contribution is 7.94. The van der Waals surface area contributed by atoms with Gasteiger partial charge in [-0.05, 0) is 42.8 Å². The summed E-state index contributed by atoms with van der Waals surface area (Å²) in [5.41, 5.74) is 0.587. The molecule has 2 heterocycles. The molecule has 2 aliphatic heterocycles. The van der Waals surface area contributed by atoms with E-state index in [0.717, 1.165) is 6.07 Å². The first-order chi connectivity index (χ1) is 15.1. The molecule has 1 unspecified atom stereocenters. The Hall–Kier alpha value is -2.83. The molecule has 4 rings (SSSR count). The molecule has 10 nitrogen and oxygen atoms in total. The maximum absolute atomic E-state index is 13.1. The quantitative estimate of drug-likeness (QED) is 0.630. The molecule has 2 aromatic rings. The molecule has 1 saturated heterocycles. The number of carbonyl (C=O) groups excluding carboxylic acids is 1. The summed E-state index contributed by atoms with van der Waals surface area (Å²) >= 11 is 0. The third kappa shape index (κ3) is 4.12. The highest BCUT2D eigenvalue weighted by Crippen LogP contribution is 2.35. The van der Waals surface area contributed by atoms with Crippen LogP contribution in [0.4, 0.5) is 5.69 Å². The van der Waals surface area contributed by atoms with Crippen molar-refractivity contribution in [3.8, 4) is 17.2 Å². The summed E-state index contributed by atoms with van der Waals surface area (Å²) < 4.78 is 70.2. The molecule has 0 spiro atoms. The summed E-state index contributed by atoms with van der Waals surface area (Å²) in [5.74, 6) is -0.504. The molecule has 0 bridgehead atoms. The van der Waals surface area contributed by atoms with Crippen molar-refractivity contribution in [2.45, 2.75) is 25.3 Å². The molecule has 0 saturated carbocycles. The molecule has 1 fully saturated rings. The van der Waals surface area contributed by atoms with Crippen LogP contribution in [0.3, 0.4) is 0 Å². The Kier molecular flexibility index (Phi) is 5.77. The first kappa shape index (κ1) is 22.4. The normalized spacial score (nSPS) is 19.4. The summed E-state index contributed by atoms with van der Waals surface area (Å²) in [6.07, 6.45) is 0. The number of fused-ring (bicyclic) bond motifs is 1. The Balaban J connectivity index is 1.66. The van der Waals surface area contributed by atoms with Gasteiger partial charge in [0.15, 0.2) is 11.5 Å². The van der Waals surface area contributed by atoms with Gasteiger partial charge in [0, 0.05) is 6.54 Å². The van der Waals surface area contributed by atoms with Gasteiger partial charge in [0.2, 0.25) is 32.7 Å². The molecule has 1 N–H and O–H groups in total. The lowest BCUT2D eigenvalue weighted by molar-refractivity contribution is -0.119. The third-order valence-corrected chi connectivity index (χ3v) is 8.31. The van der Waals surface area contributed by atoms with Crippen LogP contribution < -0.4 is 23.2 Å². The first-order valence-corrected chi connectivity index (χ1v) is 12.9. The lowest BCUT2D eigenvalue weighted by Crippen LogP contribution is -2.31. The SMILES string of the molecule is CCOc1ccc(N2C(=O)C(C)CS2(=O)=O)cc1S(=O)(=O)NCc1ccc2c(c1)OCO2. The lowest BCUT2D eigenvalue weighted by atomic mass is 10.2. The van der Waals surface area contributed by atoms with E-state index in [1.807, 2.05) is 0 Å². The standard InChI is InChI=1S/C20H22N2O8S2/c1-3-28-17-7-5-15(22-20(23)13(2)11-31(22,24)25)9-19(17)32(26,27)21-10-14-4-6-16-18(8-14)30-12-29-16/h4-9,13,21H,3,10-12H2,1-2H3. The number of nitrogens with zero attached hydrogens (tertiary/aromatic N) is 1. The van der Waals surface area contributed by atoms with Crippen molar-refractivity contribution in [1.82, 2.24) is 4.72 Å². The number of carbonyl (C=O) groups is 1. The average Bonchev–Trinajstić information content (AvgIpc) is 3.28. The van der Waals surface area contributed by atoms with Crippen LogP contribution >= 0.6 is 0 Å². The zero-order valence-electron chi connectivity index (χ0n) is 17.4. The Labute approximate surface area is 186 Å². The van der Waals surface area contributed by atoms with Crippen molar-refractivity contribution in [1.29, 1.82) is 0 Å². The van der Waals surface area contributed by atoms with E-state index in [1.165, 1.54) is 19.1 Å². The van der Waals surface area contributed by atoms with E-state index in [4.69, 9.17) is 14.2 Å². The van der Waals surface area contributed by atoms with E-state index < -0.39 is 31.9 Å². The lowest BCUT2D eigenvalue weighted by Gasteiger charge is -2.18. The van der Waals surface area contributed by atoms with Crippen molar-refractivity contribution in [2.75, 3.05) is 23.5 Å². The predicted octanol–water partition coefficient (Wildman–Crippen LogP) is 1.60. The maximum atomic E-state index is 13.1. The smallest absolute Gasteiger partial charge is 0.244 e. The fourth-order valence-electron chi connectivity index (χ4n) is 3.50. The van der Waals surface area contributed by atoms with Crippen LogP contribution in [-0.2, 0) is 31.4 Å². The largest absolute Gasteiger partial charge is 0.492 e. The van der Waals surface area contributed by atoms with Crippen molar-refractivity contribution in [2.24, 2.45) is 5.92 Å². The summed E-state index contributed by atoms with van der Waals surface area (Å²) in [5, 5.41) is 0. The molecular formula is C20H22N2O8S2. The first-order valence-electron chi connectivity index (χ1n) is 9.84. The number of hydrogen-bond donors (Lipinski definition) is 1. The number of rotatable bonds is 7. The van der Waals surface area contributed by atoms with Crippen LogP contribution in [-0.4, -0.2) is 41.9 Å². The van der Waals surface area contributed by atoms with Crippen LogP contribution in [0.2, 0.25) is 0 Å². The van der Waals surface area contributed by atoms with Crippen LogP contribution in [0.15, 0.2) is 41.3 Å². The number of ether oxygens (including phenoxy) is 3. The molecule has 0 aromatic heterocycles. The van der Waals surface area contributed by atoms with Crippen LogP contribution in [0, 0.1) is 5.92 Å². The number of sulfonamides is 2. The molecular weight excluding hydrogens is 460 g/mol. The van der Waals surface area contributed by atoms with Gasteiger partial charge in [-0.3, -0.25) is 4.79 Å². The Morgan fingerprint density at radius 3 is 2.59 bits per heavy atom. The highest BCUT2D eigenvalue weighted by atomic mass is 32.2. The van der Waals surface area contributed by atoms with Crippen LogP contribution in [0.5, 0.6) is 17.2 Å². The summed E-state index contributed by atoms with van der Waals surface area (Å²) in [4.78, 5) is 12.2. The topological polar surface area (TPSA) is 128 Å². The van der Waals surface area contributed by atoms with E-state index in [9.17, 15) is 21.6 Å². The highest BCUT2D eigenvalue weighted by Gasteiger charge is 2.42. The van der Waals surface area contributed by atoms with E-state index in [1.54, 1.807) is 25.1 Å². The summed E-state index contributed by atoms with van der Waals surface area (Å²) in [6, 6.07) is 8.90. The minimum absolute atomic E-state index is 0.0477.